The molecule has 0 saturated carbocycles. The van der Waals surface area contributed by atoms with Crippen LogP contribution in [0.5, 0.6) is 0 Å². The SMILES string of the molecule is Fc1ccc(-c2ccnc(C3CCNC3)n2)c(F)c1. The Labute approximate surface area is 109 Å². The van der Waals surface area contributed by atoms with E-state index < -0.39 is 11.6 Å². The van der Waals surface area contributed by atoms with Crippen LogP contribution < -0.4 is 5.32 Å². The molecule has 1 unspecified atom stereocenters. The predicted octanol–water partition coefficient (Wildman–Crippen LogP) is 2.50. The molecule has 1 aromatic heterocycles. The molecule has 0 aliphatic carbocycles. The third kappa shape index (κ3) is 2.46. The monoisotopic (exact) mass is 261 g/mol. The van der Waals surface area contributed by atoms with E-state index in [-0.39, 0.29) is 5.92 Å². The van der Waals surface area contributed by atoms with Gasteiger partial charge in [0.1, 0.15) is 17.5 Å². The maximum Gasteiger partial charge on any atom is 0.135 e. The summed E-state index contributed by atoms with van der Waals surface area (Å²) in [4.78, 5) is 8.65. The molecular formula is C14H13F2N3. The van der Waals surface area contributed by atoms with Crippen LogP contribution in [0.2, 0.25) is 0 Å². The topological polar surface area (TPSA) is 37.8 Å². The van der Waals surface area contributed by atoms with Gasteiger partial charge >= 0.3 is 0 Å². The number of hydrogen-bond acceptors (Lipinski definition) is 3. The van der Waals surface area contributed by atoms with Crippen LogP contribution in [0.4, 0.5) is 8.78 Å². The van der Waals surface area contributed by atoms with Gasteiger partial charge in [-0.25, -0.2) is 18.7 Å². The zero-order valence-electron chi connectivity index (χ0n) is 10.2. The van der Waals surface area contributed by atoms with Crippen molar-refractivity contribution in [1.82, 2.24) is 15.3 Å². The Morgan fingerprint density at radius 2 is 2.11 bits per heavy atom. The van der Waals surface area contributed by atoms with Crippen LogP contribution in [0, 0.1) is 11.6 Å². The first kappa shape index (κ1) is 12.2. The van der Waals surface area contributed by atoms with Crippen molar-refractivity contribution in [2.75, 3.05) is 13.1 Å². The summed E-state index contributed by atoms with van der Waals surface area (Å²) in [5, 5.41) is 3.25. The summed E-state index contributed by atoms with van der Waals surface area (Å²) < 4.78 is 26.6. The molecule has 2 heterocycles. The fourth-order valence-corrected chi connectivity index (χ4v) is 2.29. The molecule has 0 bridgehead atoms. The number of benzene rings is 1. The van der Waals surface area contributed by atoms with E-state index in [2.05, 4.69) is 15.3 Å². The summed E-state index contributed by atoms with van der Waals surface area (Å²) in [5.41, 5.74) is 0.797. The Morgan fingerprint density at radius 1 is 1.21 bits per heavy atom. The molecule has 3 rings (SSSR count). The van der Waals surface area contributed by atoms with Crippen LogP contribution in [0.1, 0.15) is 18.2 Å². The molecule has 1 atom stereocenters. The van der Waals surface area contributed by atoms with Crippen LogP contribution in [-0.2, 0) is 0 Å². The number of hydrogen-bond donors (Lipinski definition) is 1. The molecule has 2 aromatic rings. The molecule has 19 heavy (non-hydrogen) atoms. The highest BCUT2D eigenvalue weighted by Gasteiger charge is 2.20. The van der Waals surface area contributed by atoms with Crippen LogP contribution in [0.3, 0.4) is 0 Å². The van der Waals surface area contributed by atoms with Gasteiger partial charge < -0.3 is 5.32 Å². The number of nitrogens with one attached hydrogen (secondary N) is 1. The molecule has 1 aromatic carbocycles. The Bertz CT molecular complexity index is 595. The van der Waals surface area contributed by atoms with Crippen molar-refractivity contribution in [3.63, 3.8) is 0 Å². The smallest absolute Gasteiger partial charge is 0.135 e. The van der Waals surface area contributed by atoms with E-state index in [0.717, 1.165) is 25.6 Å². The van der Waals surface area contributed by atoms with Crippen LogP contribution >= 0.6 is 0 Å². The number of nitrogens with zero attached hydrogens (tertiary/aromatic N) is 2. The van der Waals surface area contributed by atoms with Gasteiger partial charge in [-0.1, -0.05) is 0 Å². The maximum atomic E-state index is 13.7. The number of aromatic nitrogens is 2. The van der Waals surface area contributed by atoms with Crippen molar-refractivity contribution in [2.24, 2.45) is 0 Å². The van der Waals surface area contributed by atoms with E-state index in [0.29, 0.717) is 17.1 Å². The minimum Gasteiger partial charge on any atom is -0.316 e. The zero-order valence-corrected chi connectivity index (χ0v) is 10.2. The molecule has 0 amide bonds. The molecule has 98 valence electrons. The zero-order chi connectivity index (χ0) is 13.2. The van der Waals surface area contributed by atoms with Gasteiger partial charge in [0, 0.05) is 30.3 Å². The van der Waals surface area contributed by atoms with Crippen molar-refractivity contribution < 1.29 is 8.78 Å². The van der Waals surface area contributed by atoms with Crippen molar-refractivity contribution >= 4 is 0 Å². The molecule has 5 heteroatoms. The third-order valence-electron chi connectivity index (χ3n) is 3.31. The summed E-state index contributed by atoms with van der Waals surface area (Å²) in [7, 11) is 0. The van der Waals surface area contributed by atoms with E-state index in [1.54, 1.807) is 12.3 Å². The molecule has 1 fully saturated rings. The second kappa shape index (κ2) is 5.01. The minimum atomic E-state index is -0.603. The van der Waals surface area contributed by atoms with Gasteiger partial charge in [0.2, 0.25) is 0 Å². The van der Waals surface area contributed by atoms with Gasteiger partial charge in [0.05, 0.1) is 5.69 Å². The Balaban J connectivity index is 1.98. The molecule has 0 spiro atoms. The molecule has 1 N–H and O–H groups in total. The highest BCUT2D eigenvalue weighted by Crippen LogP contribution is 2.24. The van der Waals surface area contributed by atoms with E-state index in [9.17, 15) is 8.78 Å². The fraction of sp³-hybridized carbons (Fsp3) is 0.286. The third-order valence-corrected chi connectivity index (χ3v) is 3.31. The summed E-state index contributed by atoms with van der Waals surface area (Å²) in [5.74, 6) is -0.209. The van der Waals surface area contributed by atoms with Crippen LogP contribution in [-0.4, -0.2) is 23.1 Å². The lowest BCUT2D eigenvalue weighted by Gasteiger charge is -2.09. The van der Waals surface area contributed by atoms with Gasteiger partial charge in [-0.15, -0.1) is 0 Å². The largest absolute Gasteiger partial charge is 0.316 e. The fourth-order valence-electron chi connectivity index (χ4n) is 2.29. The lowest BCUT2D eigenvalue weighted by atomic mass is 10.1. The average molecular weight is 261 g/mol. The summed E-state index contributed by atoms with van der Waals surface area (Å²) in [6.45, 7) is 1.79. The Kier molecular flexibility index (Phi) is 3.21. The summed E-state index contributed by atoms with van der Waals surface area (Å²) in [6, 6.07) is 5.15. The normalized spacial score (nSPS) is 18.7. The molecule has 1 aliphatic rings. The highest BCUT2D eigenvalue weighted by atomic mass is 19.1. The second-order valence-electron chi connectivity index (χ2n) is 4.61. The molecular weight excluding hydrogens is 248 g/mol. The number of halogens is 2. The van der Waals surface area contributed by atoms with Crippen molar-refractivity contribution in [3.8, 4) is 11.3 Å². The number of rotatable bonds is 2. The lowest BCUT2D eigenvalue weighted by Crippen LogP contribution is -2.10. The maximum absolute atomic E-state index is 13.7. The first-order valence-electron chi connectivity index (χ1n) is 6.23. The molecule has 3 nitrogen and oxygen atoms in total. The summed E-state index contributed by atoms with van der Waals surface area (Å²) in [6.07, 6.45) is 2.61. The van der Waals surface area contributed by atoms with Gasteiger partial charge in [0.25, 0.3) is 0 Å². The van der Waals surface area contributed by atoms with E-state index in [1.165, 1.54) is 12.1 Å². The highest BCUT2D eigenvalue weighted by molar-refractivity contribution is 5.59. The first-order chi connectivity index (χ1) is 9.24. The Morgan fingerprint density at radius 3 is 2.84 bits per heavy atom. The van der Waals surface area contributed by atoms with Crippen molar-refractivity contribution in [3.05, 3.63) is 47.9 Å². The lowest BCUT2D eigenvalue weighted by molar-refractivity contribution is 0.585. The standard InChI is InChI=1S/C14H13F2N3/c15-10-1-2-11(12(16)7-10)13-4-6-18-14(19-13)9-3-5-17-8-9/h1-2,4,6-7,9,17H,3,5,8H2. The van der Waals surface area contributed by atoms with Gasteiger partial charge in [-0.2, -0.15) is 0 Å². The van der Waals surface area contributed by atoms with Gasteiger partial charge in [-0.05, 0) is 31.2 Å². The van der Waals surface area contributed by atoms with E-state index >= 15 is 0 Å². The van der Waals surface area contributed by atoms with Gasteiger partial charge in [-0.3, -0.25) is 0 Å². The first-order valence-corrected chi connectivity index (χ1v) is 6.23. The quantitative estimate of drug-likeness (QED) is 0.902. The van der Waals surface area contributed by atoms with Gasteiger partial charge in [0.15, 0.2) is 0 Å². The predicted molar refractivity (Wildman–Crippen MR) is 67.6 cm³/mol. The molecule has 1 saturated heterocycles. The van der Waals surface area contributed by atoms with Crippen molar-refractivity contribution in [1.29, 1.82) is 0 Å². The van der Waals surface area contributed by atoms with Crippen molar-refractivity contribution in [2.45, 2.75) is 12.3 Å². The second-order valence-corrected chi connectivity index (χ2v) is 4.61. The molecule has 0 radical (unpaired) electrons. The minimum absolute atomic E-state index is 0.267. The van der Waals surface area contributed by atoms with Crippen LogP contribution in [0.15, 0.2) is 30.5 Å². The van der Waals surface area contributed by atoms with E-state index in [4.69, 9.17) is 0 Å². The Hall–Kier alpha value is -1.88. The van der Waals surface area contributed by atoms with Crippen LogP contribution in [0.25, 0.3) is 11.3 Å². The average Bonchev–Trinajstić information content (AvgIpc) is 2.93. The summed E-state index contributed by atoms with van der Waals surface area (Å²) >= 11 is 0. The molecule has 1 aliphatic heterocycles. The van der Waals surface area contributed by atoms with E-state index in [1.807, 2.05) is 0 Å².